The Morgan fingerprint density at radius 3 is 2.36 bits per heavy atom. The van der Waals surface area contributed by atoms with Gasteiger partial charge in [0.25, 0.3) is 0 Å². The molecule has 0 fully saturated rings. The van der Waals surface area contributed by atoms with E-state index in [9.17, 15) is 0 Å². The fourth-order valence-electron chi connectivity index (χ4n) is 1.65. The Balaban J connectivity index is 2.94. The summed E-state index contributed by atoms with van der Waals surface area (Å²) in [6.07, 6.45) is 0.816. The van der Waals surface area contributed by atoms with Gasteiger partial charge in [-0.05, 0) is 13.8 Å². The van der Waals surface area contributed by atoms with Crippen LogP contribution in [0.15, 0.2) is 0 Å². The number of aromatic amines is 1. The number of aromatic nitrogens is 2. The molecule has 1 unspecified atom stereocenters. The smallest absolute Gasteiger partial charge is 0.108 e. The number of hydrogen-bond acceptors (Lipinski definition) is 2. The zero-order chi connectivity index (χ0) is 10.9. The van der Waals surface area contributed by atoms with Gasteiger partial charge in [0.05, 0.1) is 5.69 Å². The van der Waals surface area contributed by atoms with Crippen molar-refractivity contribution in [2.45, 2.75) is 52.5 Å². The maximum absolute atomic E-state index is 5.73. The lowest BCUT2D eigenvalue weighted by Gasteiger charge is -2.15. The first-order chi connectivity index (χ1) is 6.30. The molecule has 0 spiro atoms. The molecule has 80 valence electrons. The van der Waals surface area contributed by atoms with E-state index in [-0.39, 0.29) is 11.5 Å². The molecule has 0 aliphatic carbocycles. The maximum atomic E-state index is 5.73. The van der Waals surface area contributed by atoms with Crippen LogP contribution in [-0.4, -0.2) is 16.0 Å². The van der Waals surface area contributed by atoms with E-state index in [2.05, 4.69) is 37.7 Å². The van der Waals surface area contributed by atoms with Crippen LogP contribution >= 0.6 is 0 Å². The van der Waals surface area contributed by atoms with Crippen molar-refractivity contribution in [2.24, 2.45) is 5.73 Å². The SMILES string of the molecule is Cc1[nH]c(CC(C)N)nc1C(C)(C)C. The lowest BCUT2D eigenvalue weighted by molar-refractivity contribution is 0.565. The van der Waals surface area contributed by atoms with Crippen molar-refractivity contribution >= 4 is 0 Å². The topological polar surface area (TPSA) is 54.7 Å². The zero-order valence-corrected chi connectivity index (χ0v) is 9.81. The molecule has 1 heterocycles. The molecule has 0 saturated carbocycles. The summed E-state index contributed by atoms with van der Waals surface area (Å²) in [4.78, 5) is 7.88. The molecule has 0 saturated heterocycles. The van der Waals surface area contributed by atoms with Crippen molar-refractivity contribution in [3.05, 3.63) is 17.2 Å². The van der Waals surface area contributed by atoms with Gasteiger partial charge in [-0.2, -0.15) is 0 Å². The summed E-state index contributed by atoms with van der Waals surface area (Å²) in [7, 11) is 0. The highest BCUT2D eigenvalue weighted by Crippen LogP contribution is 2.23. The molecule has 1 atom stereocenters. The van der Waals surface area contributed by atoms with Crippen molar-refractivity contribution in [3.63, 3.8) is 0 Å². The Morgan fingerprint density at radius 2 is 2.00 bits per heavy atom. The molecule has 3 heteroatoms. The van der Waals surface area contributed by atoms with Gasteiger partial charge in [-0.3, -0.25) is 0 Å². The minimum absolute atomic E-state index is 0.108. The van der Waals surface area contributed by atoms with Crippen molar-refractivity contribution in [1.82, 2.24) is 9.97 Å². The number of H-pyrrole nitrogens is 1. The highest BCUT2D eigenvalue weighted by atomic mass is 14.9. The number of hydrogen-bond donors (Lipinski definition) is 2. The van der Waals surface area contributed by atoms with Crippen LogP contribution in [0.5, 0.6) is 0 Å². The molecular weight excluding hydrogens is 174 g/mol. The third kappa shape index (κ3) is 2.58. The fraction of sp³-hybridized carbons (Fsp3) is 0.727. The second kappa shape index (κ2) is 3.73. The van der Waals surface area contributed by atoms with E-state index in [1.807, 2.05) is 6.92 Å². The lowest BCUT2D eigenvalue weighted by Crippen LogP contribution is -2.19. The monoisotopic (exact) mass is 195 g/mol. The summed E-state index contributed by atoms with van der Waals surface area (Å²) in [5, 5.41) is 0. The van der Waals surface area contributed by atoms with Gasteiger partial charge < -0.3 is 10.7 Å². The first-order valence-electron chi connectivity index (χ1n) is 5.12. The molecule has 1 aromatic heterocycles. The molecule has 0 aromatic carbocycles. The summed E-state index contributed by atoms with van der Waals surface area (Å²) in [5.74, 6) is 1.00. The molecule has 3 N–H and O–H groups in total. The summed E-state index contributed by atoms with van der Waals surface area (Å²) < 4.78 is 0. The molecule has 0 aliphatic rings. The van der Waals surface area contributed by atoms with E-state index in [0.717, 1.165) is 23.6 Å². The Kier molecular flexibility index (Phi) is 3.00. The standard InChI is InChI=1S/C11H21N3/c1-7(12)6-9-13-8(2)10(14-9)11(3,4)5/h7H,6,12H2,1-5H3,(H,13,14). The Labute approximate surface area is 86.1 Å². The third-order valence-corrected chi connectivity index (χ3v) is 2.16. The van der Waals surface area contributed by atoms with Crippen molar-refractivity contribution < 1.29 is 0 Å². The van der Waals surface area contributed by atoms with Gasteiger partial charge in [0.1, 0.15) is 5.82 Å². The predicted molar refractivity (Wildman–Crippen MR) is 59.4 cm³/mol. The van der Waals surface area contributed by atoms with Crippen LogP contribution in [0, 0.1) is 6.92 Å². The van der Waals surface area contributed by atoms with E-state index in [1.54, 1.807) is 0 Å². The maximum Gasteiger partial charge on any atom is 0.108 e. The van der Waals surface area contributed by atoms with Crippen LogP contribution < -0.4 is 5.73 Å². The second-order valence-corrected chi connectivity index (χ2v) is 5.09. The largest absolute Gasteiger partial charge is 0.346 e. The van der Waals surface area contributed by atoms with Gasteiger partial charge in [0.2, 0.25) is 0 Å². The van der Waals surface area contributed by atoms with E-state index in [0.29, 0.717) is 0 Å². The molecule has 0 aliphatic heterocycles. The number of rotatable bonds is 2. The molecule has 0 amide bonds. The molecule has 3 nitrogen and oxygen atoms in total. The first kappa shape index (κ1) is 11.2. The molecule has 0 radical (unpaired) electrons. The zero-order valence-electron chi connectivity index (χ0n) is 9.81. The van der Waals surface area contributed by atoms with E-state index >= 15 is 0 Å². The van der Waals surface area contributed by atoms with Crippen LogP contribution in [0.3, 0.4) is 0 Å². The summed E-state index contributed by atoms with van der Waals surface area (Å²) in [6, 6.07) is 0.161. The highest BCUT2D eigenvalue weighted by molar-refractivity contribution is 5.21. The number of nitrogens with one attached hydrogen (secondary N) is 1. The van der Waals surface area contributed by atoms with Gasteiger partial charge in [-0.1, -0.05) is 20.8 Å². The summed E-state index contributed by atoms with van der Waals surface area (Å²) in [6.45, 7) is 10.6. The first-order valence-corrected chi connectivity index (χ1v) is 5.12. The Bertz CT molecular complexity index is 305. The van der Waals surface area contributed by atoms with Gasteiger partial charge in [-0.25, -0.2) is 4.98 Å². The van der Waals surface area contributed by atoms with Crippen LogP contribution in [0.1, 0.15) is 44.9 Å². The average Bonchev–Trinajstić information content (AvgIpc) is 2.27. The minimum Gasteiger partial charge on any atom is -0.346 e. The van der Waals surface area contributed by atoms with Crippen molar-refractivity contribution in [2.75, 3.05) is 0 Å². The van der Waals surface area contributed by atoms with Crippen molar-refractivity contribution in [3.8, 4) is 0 Å². The van der Waals surface area contributed by atoms with E-state index < -0.39 is 0 Å². The van der Waals surface area contributed by atoms with Gasteiger partial charge in [-0.15, -0.1) is 0 Å². The van der Waals surface area contributed by atoms with E-state index in [4.69, 9.17) is 5.73 Å². The minimum atomic E-state index is 0.108. The van der Waals surface area contributed by atoms with Gasteiger partial charge in [0.15, 0.2) is 0 Å². The Hall–Kier alpha value is -0.830. The normalized spacial score (nSPS) is 14.4. The van der Waals surface area contributed by atoms with Crippen LogP contribution in [0.25, 0.3) is 0 Å². The van der Waals surface area contributed by atoms with Gasteiger partial charge >= 0.3 is 0 Å². The molecule has 1 aromatic rings. The summed E-state index contributed by atoms with van der Waals surface area (Å²) >= 11 is 0. The quantitative estimate of drug-likeness (QED) is 0.757. The highest BCUT2D eigenvalue weighted by Gasteiger charge is 2.20. The Morgan fingerprint density at radius 1 is 1.43 bits per heavy atom. The molecule has 14 heavy (non-hydrogen) atoms. The van der Waals surface area contributed by atoms with Gasteiger partial charge in [0, 0.05) is 23.6 Å². The van der Waals surface area contributed by atoms with Crippen LogP contribution in [0.2, 0.25) is 0 Å². The lowest BCUT2D eigenvalue weighted by atomic mass is 9.91. The molecule has 0 bridgehead atoms. The number of aryl methyl sites for hydroxylation is 1. The fourth-order valence-corrected chi connectivity index (χ4v) is 1.65. The summed E-state index contributed by atoms with van der Waals surface area (Å²) in [5.41, 5.74) is 8.15. The number of imidazole rings is 1. The molecule has 1 rings (SSSR count). The molecular formula is C11H21N3. The van der Waals surface area contributed by atoms with Crippen molar-refractivity contribution in [1.29, 1.82) is 0 Å². The second-order valence-electron chi connectivity index (χ2n) is 5.09. The number of nitrogens with zero attached hydrogens (tertiary/aromatic N) is 1. The van der Waals surface area contributed by atoms with Crippen LogP contribution in [0.4, 0.5) is 0 Å². The number of nitrogens with two attached hydrogens (primary N) is 1. The third-order valence-electron chi connectivity index (χ3n) is 2.16. The van der Waals surface area contributed by atoms with E-state index in [1.165, 1.54) is 0 Å². The van der Waals surface area contributed by atoms with Crippen LogP contribution in [-0.2, 0) is 11.8 Å². The predicted octanol–water partition coefficient (Wildman–Crippen LogP) is 1.91. The average molecular weight is 195 g/mol.